The summed E-state index contributed by atoms with van der Waals surface area (Å²) in [6.07, 6.45) is 1.67. The Morgan fingerprint density at radius 1 is 1.53 bits per heavy atom. The number of nitrogens with zero attached hydrogens (tertiary/aromatic N) is 4. The lowest BCUT2D eigenvalue weighted by Gasteiger charge is -2.26. The summed E-state index contributed by atoms with van der Waals surface area (Å²) >= 11 is 0. The molecular formula is C9H16N6O2. The molecule has 1 aliphatic rings. The Kier molecular flexibility index (Phi) is 4.02. The molecule has 0 atom stereocenters. The lowest BCUT2D eigenvalue weighted by molar-refractivity contribution is -0.128. The molecule has 0 saturated carbocycles. The summed E-state index contributed by atoms with van der Waals surface area (Å²) in [6, 6.07) is 0. The van der Waals surface area contributed by atoms with Crippen LogP contribution < -0.4 is 11.2 Å². The van der Waals surface area contributed by atoms with Gasteiger partial charge in [-0.2, -0.15) is 0 Å². The first kappa shape index (κ1) is 12.0. The number of amides is 1. The molecule has 1 fully saturated rings. The van der Waals surface area contributed by atoms with Gasteiger partial charge >= 0.3 is 0 Å². The number of morpholine rings is 1. The van der Waals surface area contributed by atoms with Gasteiger partial charge in [-0.15, -0.1) is 5.10 Å². The van der Waals surface area contributed by atoms with Crippen LogP contribution in [0.25, 0.3) is 0 Å². The maximum Gasteiger partial charge on any atom is 0.256 e. The number of rotatable bonds is 4. The van der Waals surface area contributed by atoms with E-state index in [1.54, 1.807) is 6.20 Å². The summed E-state index contributed by atoms with van der Waals surface area (Å²) in [5, 5.41) is 9.45. The SMILES string of the molecule is NCc1cn(CC(=O)NN2CCOCC2)nn1. The molecule has 0 unspecified atom stereocenters. The summed E-state index contributed by atoms with van der Waals surface area (Å²) in [5.41, 5.74) is 8.86. The van der Waals surface area contributed by atoms with Gasteiger partial charge in [0, 0.05) is 19.6 Å². The van der Waals surface area contributed by atoms with Crippen LogP contribution in [0.15, 0.2) is 6.20 Å². The third-order valence-electron chi connectivity index (χ3n) is 2.39. The number of nitrogens with two attached hydrogens (primary N) is 1. The fraction of sp³-hybridized carbons (Fsp3) is 0.667. The quantitative estimate of drug-likeness (QED) is 0.638. The predicted molar refractivity (Wildman–Crippen MR) is 58.4 cm³/mol. The molecule has 8 nitrogen and oxygen atoms in total. The molecule has 0 radical (unpaired) electrons. The van der Waals surface area contributed by atoms with E-state index in [0.717, 1.165) is 0 Å². The van der Waals surface area contributed by atoms with Crippen molar-refractivity contribution in [2.24, 2.45) is 5.73 Å². The van der Waals surface area contributed by atoms with Gasteiger partial charge in [0.1, 0.15) is 6.54 Å². The molecule has 1 aromatic heterocycles. The van der Waals surface area contributed by atoms with E-state index >= 15 is 0 Å². The number of hydrazine groups is 1. The zero-order chi connectivity index (χ0) is 12.1. The molecule has 8 heteroatoms. The first-order valence-corrected chi connectivity index (χ1v) is 5.49. The highest BCUT2D eigenvalue weighted by Gasteiger charge is 2.13. The van der Waals surface area contributed by atoms with Gasteiger partial charge in [0.05, 0.1) is 25.1 Å². The number of carbonyl (C=O) groups excluding carboxylic acids is 1. The molecule has 2 rings (SSSR count). The zero-order valence-electron chi connectivity index (χ0n) is 9.50. The van der Waals surface area contributed by atoms with Crippen LogP contribution >= 0.6 is 0 Å². The zero-order valence-corrected chi connectivity index (χ0v) is 9.50. The topological polar surface area (TPSA) is 98.3 Å². The monoisotopic (exact) mass is 240 g/mol. The Balaban J connectivity index is 1.79. The van der Waals surface area contributed by atoms with Crippen molar-refractivity contribution in [3.05, 3.63) is 11.9 Å². The lowest BCUT2D eigenvalue weighted by Crippen LogP contribution is -2.49. The number of hydrogen-bond donors (Lipinski definition) is 2. The maximum absolute atomic E-state index is 11.7. The van der Waals surface area contributed by atoms with E-state index in [4.69, 9.17) is 10.5 Å². The first-order valence-electron chi connectivity index (χ1n) is 5.49. The van der Waals surface area contributed by atoms with Gasteiger partial charge in [-0.1, -0.05) is 5.21 Å². The van der Waals surface area contributed by atoms with Crippen molar-refractivity contribution in [1.29, 1.82) is 0 Å². The van der Waals surface area contributed by atoms with Crippen molar-refractivity contribution in [2.75, 3.05) is 26.3 Å². The largest absolute Gasteiger partial charge is 0.379 e. The van der Waals surface area contributed by atoms with E-state index in [-0.39, 0.29) is 12.5 Å². The van der Waals surface area contributed by atoms with E-state index in [0.29, 0.717) is 38.5 Å². The van der Waals surface area contributed by atoms with Crippen molar-refractivity contribution in [2.45, 2.75) is 13.1 Å². The average Bonchev–Trinajstić information content (AvgIpc) is 2.78. The Morgan fingerprint density at radius 2 is 2.29 bits per heavy atom. The van der Waals surface area contributed by atoms with Crippen LogP contribution in [0, 0.1) is 0 Å². The van der Waals surface area contributed by atoms with Crippen LogP contribution in [-0.4, -0.2) is 52.2 Å². The van der Waals surface area contributed by atoms with Crippen LogP contribution in [0.3, 0.4) is 0 Å². The number of nitrogens with one attached hydrogen (secondary N) is 1. The van der Waals surface area contributed by atoms with Crippen LogP contribution in [0.2, 0.25) is 0 Å². The van der Waals surface area contributed by atoms with Gasteiger partial charge in [-0.25, -0.2) is 9.69 Å². The molecule has 2 heterocycles. The van der Waals surface area contributed by atoms with Gasteiger partial charge < -0.3 is 10.5 Å². The standard InChI is InChI=1S/C9H16N6O2/c10-5-8-6-15(13-11-8)7-9(16)12-14-1-3-17-4-2-14/h6H,1-5,7,10H2,(H,12,16). The molecule has 0 aliphatic carbocycles. The minimum Gasteiger partial charge on any atom is -0.379 e. The fourth-order valence-electron chi connectivity index (χ4n) is 1.54. The van der Waals surface area contributed by atoms with Crippen molar-refractivity contribution in [3.8, 4) is 0 Å². The molecule has 17 heavy (non-hydrogen) atoms. The summed E-state index contributed by atoms with van der Waals surface area (Å²) in [4.78, 5) is 11.7. The van der Waals surface area contributed by atoms with Crippen molar-refractivity contribution < 1.29 is 9.53 Å². The second-order valence-electron chi connectivity index (χ2n) is 3.75. The average molecular weight is 240 g/mol. The molecule has 3 N–H and O–H groups in total. The minimum absolute atomic E-state index is 0.125. The van der Waals surface area contributed by atoms with Gasteiger partial charge in [-0.05, 0) is 0 Å². The second kappa shape index (κ2) is 5.71. The maximum atomic E-state index is 11.7. The predicted octanol–water partition coefficient (Wildman–Crippen LogP) is -1.90. The molecule has 0 spiro atoms. The smallest absolute Gasteiger partial charge is 0.256 e. The van der Waals surface area contributed by atoms with Crippen molar-refractivity contribution >= 4 is 5.91 Å². The molecule has 1 saturated heterocycles. The normalized spacial score (nSPS) is 17.0. The van der Waals surface area contributed by atoms with Crippen LogP contribution in [0.5, 0.6) is 0 Å². The van der Waals surface area contributed by atoms with E-state index in [2.05, 4.69) is 15.7 Å². The molecule has 0 aromatic carbocycles. The molecule has 1 aliphatic heterocycles. The highest BCUT2D eigenvalue weighted by molar-refractivity contribution is 5.75. The van der Waals surface area contributed by atoms with E-state index in [9.17, 15) is 4.79 Å². The Labute approximate surface area is 98.7 Å². The third-order valence-corrected chi connectivity index (χ3v) is 2.39. The fourth-order valence-corrected chi connectivity index (χ4v) is 1.54. The van der Waals surface area contributed by atoms with Crippen LogP contribution in [0.1, 0.15) is 5.69 Å². The summed E-state index contributed by atoms with van der Waals surface area (Å²) in [6.45, 7) is 3.16. The van der Waals surface area contributed by atoms with Gasteiger partial charge in [-0.3, -0.25) is 10.2 Å². The number of hydrogen-bond acceptors (Lipinski definition) is 6. The first-order chi connectivity index (χ1) is 8.28. The van der Waals surface area contributed by atoms with E-state index < -0.39 is 0 Å². The Hall–Kier alpha value is -1.51. The van der Waals surface area contributed by atoms with Gasteiger partial charge in [0.15, 0.2) is 0 Å². The van der Waals surface area contributed by atoms with E-state index in [1.165, 1.54) is 4.68 Å². The summed E-state index contributed by atoms with van der Waals surface area (Å²) in [7, 11) is 0. The number of aromatic nitrogens is 3. The summed E-state index contributed by atoms with van der Waals surface area (Å²) < 4.78 is 6.65. The lowest BCUT2D eigenvalue weighted by atomic mass is 10.5. The Bertz CT molecular complexity index is 373. The third kappa shape index (κ3) is 3.48. The van der Waals surface area contributed by atoms with Crippen LogP contribution in [0.4, 0.5) is 0 Å². The second-order valence-corrected chi connectivity index (χ2v) is 3.75. The molecule has 94 valence electrons. The Morgan fingerprint density at radius 3 is 2.94 bits per heavy atom. The number of ether oxygens (including phenoxy) is 1. The molecule has 1 aromatic rings. The van der Waals surface area contributed by atoms with Crippen molar-refractivity contribution in [1.82, 2.24) is 25.4 Å². The van der Waals surface area contributed by atoms with Crippen LogP contribution in [-0.2, 0) is 22.6 Å². The van der Waals surface area contributed by atoms with Crippen molar-refractivity contribution in [3.63, 3.8) is 0 Å². The number of carbonyl (C=O) groups is 1. The van der Waals surface area contributed by atoms with Gasteiger partial charge in [0.25, 0.3) is 5.91 Å². The molecule has 0 bridgehead atoms. The highest BCUT2D eigenvalue weighted by Crippen LogP contribution is 1.94. The van der Waals surface area contributed by atoms with Gasteiger partial charge in [0.2, 0.25) is 0 Å². The highest BCUT2D eigenvalue weighted by atomic mass is 16.5. The summed E-state index contributed by atoms with van der Waals surface area (Å²) in [5.74, 6) is -0.125. The van der Waals surface area contributed by atoms with E-state index in [1.807, 2.05) is 5.01 Å². The minimum atomic E-state index is -0.125. The molecular weight excluding hydrogens is 224 g/mol. The molecule has 1 amide bonds.